The van der Waals surface area contributed by atoms with Gasteiger partial charge in [-0.3, -0.25) is 9.59 Å². The Kier molecular flexibility index (Phi) is 7.29. The summed E-state index contributed by atoms with van der Waals surface area (Å²) in [6.45, 7) is 4.80. The van der Waals surface area contributed by atoms with Crippen molar-refractivity contribution >= 4 is 11.8 Å². The highest BCUT2D eigenvalue weighted by Crippen LogP contribution is 2.12. The number of hydrogen-bond acceptors (Lipinski definition) is 3. The molecule has 5 nitrogen and oxygen atoms in total. The van der Waals surface area contributed by atoms with Crippen molar-refractivity contribution in [1.29, 1.82) is 0 Å². The third-order valence-corrected chi connectivity index (χ3v) is 3.21. The first-order chi connectivity index (χ1) is 10.1. The number of carbonyl (C=O) groups excluding carboxylic acids is 2. The van der Waals surface area contributed by atoms with Gasteiger partial charge in [0, 0.05) is 24.6 Å². The first-order valence-corrected chi connectivity index (χ1v) is 7.28. The van der Waals surface area contributed by atoms with Gasteiger partial charge >= 0.3 is 0 Å². The molecule has 0 aliphatic carbocycles. The van der Waals surface area contributed by atoms with E-state index >= 15 is 0 Å². The maximum absolute atomic E-state index is 11.9. The lowest BCUT2D eigenvalue weighted by atomic mass is 10.1. The van der Waals surface area contributed by atoms with Crippen LogP contribution in [-0.4, -0.2) is 32.0 Å². The fraction of sp³-hybridized carbons (Fsp3) is 0.500. The Hall–Kier alpha value is -2.04. The van der Waals surface area contributed by atoms with E-state index in [2.05, 4.69) is 17.6 Å². The van der Waals surface area contributed by atoms with Gasteiger partial charge in [0.2, 0.25) is 5.91 Å². The normalized spacial score (nSPS) is 11.6. The first-order valence-electron chi connectivity index (χ1n) is 7.28. The molecule has 0 bridgehead atoms. The molecule has 2 N–H and O–H groups in total. The monoisotopic (exact) mass is 292 g/mol. The molecule has 1 aromatic carbocycles. The summed E-state index contributed by atoms with van der Waals surface area (Å²) in [7, 11) is 1.56. The van der Waals surface area contributed by atoms with Gasteiger partial charge in [0.1, 0.15) is 5.75 Å². The molecule has 1 rings (SSSR count). The quantitative estimate of drug-likeness (QED) is 0.720. The molecule has 5 heteroatoms. The number of methoxy groups -OCH3 is 1. The van der Waals surface area contributed by atoms with Gasteiger partial charge in [-0.25, -0.2) is 0 Å². The number of amides is 2. The molecule has 0 saturated carbocycles. The zero-order valence-corrected chi connectivity index (χ0v) is 12.9. The molecule has 0 radical (unpaired) electrons. The lowest BCUT2D eigenvalue weighted by Gasteiger charge is -2.11. The van der Waals surface area contributed by atoms with Crippen molar-refractivity contribution in [2.45, 2.75) is 26.7 Å². The van der Waals surface area contributed by atoms with Crippen molar-refractivity contribution < 1.29 is 14.3 Å². The van der Waals surface area contributed by atoms with E-state index in [0.29, 0.717) is 24.4 Å². The van der Waals surface area contributed by atoms with E-state index in [0.717, 1.165) is 12.8 Å². The minimum atomic E-state index is -0.176. The minimum absolute atomic E-state index is 0.0177. The van der Waals surface area contributed by atoms with Gasteiger partial charge in [-0.05, 0) is 24.6 Å². The van der Waals surface area contributed by atoms with E-state index in [1.165, 1.54) is 0 Å². The zero-order chi connectivity index (χ0) is 15.7. The van der Waals surface area contributed by atoms with Gasteiger partial charge in [-0.15, -0.1) is 0 Å². The lowest BCUT2D eigenvalue weighted by Crippen LogP contribution is -2.36. The number of rotatable bonds is 8. The molecule has 0 saturated heterocycles. The van der Waals surface area contributed by atoms with Crippen molar-refractivity contribution in [1.82, 2.24) is 10.6 Å². The van der Waals surface area contributed by atoms with Gasteiger partial charge in [-0.2, -0.15) is 0 Å². The Bertz CT molecular complexity index is 474. The number of hydrogen-bond donors (Lipinski definition) is 2. The van der Waals surface area contributed by atoms with E-state index in [1.807, 2.05) is 6.92 Å². The summed E-state index contributed by atoms with van der Waals surface area (Å²) < 4.78 is 5.07. The third-order valence-electron chi connectivity index (χ3n) is 3.21. The molecule has 1 aromatic rings. The molecular weight excluding hydrogens is 268 g/mol. The third kappa shape index (κ3) is 5.85. The van der Waals surface area contributed by atoms with Gasteiger partial charge in [0.25, 0.3) is 5.91 Å². The molecule has 0 aliphatic rings. The van der Waals surface area contributed by atoms with Crippen molar-refractivity contribution in [3.8, 4) is 5.75 Å². The van der Waals surface area contributed by atoms with Gasteiger partial charge < -0.3 is 15.4 Å². The number of nitrogens with one attached hydrogen (secondary N) is 2. The van der Waals surface area contributed by atoms with Crippen molar-refractivity contribution in [2.75, 3.05) is 20.2 Å². The van der Waals surface area contributed by atoms with E-state index in [1.54, 1.807) is 31.4 Å². The average molecular weight is 292 g/mol. The lowest BCUT2D eigenvalue weighted by molar-refractivity contribution is -0.124. The molecule has 0 aromatic heterocycles. The van der Waals surface area contributed by atoms with E-state index < -0.39 is 0 Å². The largest absolute Gasteiger partial charge is 0.497 e. The Morgan fingerprint density at radius 2 is 1.95 bits per heavy atom. The fourth-order valence-corrected chi connectivity index (χ4v) is 1.97. The smallest absolute Gasteiger partial charge is 0.251 e. The molecule has 0 heterocycles. The number of benzene rings is 1. The molecule has 0 spiro atoms. The van der Waals surface area contributed by atoms with Crippen molar-refractivity contribution in [3.63, 3.8) is 0 Å². The van der Waals surface area contributed by atoms with Gasteiger partial charge in [0.05, 0.1) is 7.11 Å². The van der Waals surface area contributed by atoms with Crippen LogP contribution in [0.5, 0.6) is 5.75 Å². The summed E-state index contributed by atoms with van der Waals surface area (Å²) in [6.07, 6.45) is 1.86. The second-order valence-electron chi connectivity index (χ2n) is 4.97. The topological polar surface area (TPSA) is 67.4 Å². The van der Waals surface area contributed by atoms with Crippen LogP contribution in [0.25, 0.3) is 0 Å². The summed E-state index contributed by atoms with van der Waals surface area (Å²) in [6, 6.07) is 6.95. The summed E-state index contributed by atoms with van der Waals surface area (Å²) in [5.74, 6) is 0.519. The Labute approximate surface area is 126 Å². The van der Waals surface area contributed by atoms with Crippen LogP contribution < -0.4 is 15.4 Å². The Morgan fingerprint density at radius 3 is 2.62 bits per heavy atom. The molecule has 116 valence electrons. The SMILES string of the molecule is CCCC(C)C(=O)NCCNC(=O)c1cccc(OC)c1. The second kappa shape index (κ2) is 9.00. The molecule has 1 unspecified atom stereocenters. The maximum Gasteiger partial charge on any atom is 0.251 e. The van der Waals surface area contributed by atoms with Crippen LogP contribution in [-0.2, 0) is 4.79 Å². The predicted octanol–water partition coefficient (Wildman–Crippen LogP) is 1.98. The molecule has 21 heavy (non-hydrogen) atoms. The summed E-state index contributed by atoms with van der Waals surface area (Å²) >= 11 is 0. The molecule has 0 aliphatic heterocycles. The summed E-state index contributed by atoms with van der Waals surface area (Å²) in [5, 5.41) is 5.59. The van der Waals surface area contributed by atoms with Gasteiger partial charge in [-0.1, -0.05) is 26.3 Å². The van der Waals surface area contributed by atoms with Crippen LogP contribution >= 0.6 is 0 Å². The van der Waals surface area contributed by atoms with Crippen molar-refractivity contribution in [2.24, 2.45) is 5.92 Å². The van der Waals surface area contributed by atoms with Crippen LogP contribution in [0.1, 0.15) is 37.0 Å². The standard InChI is InChI=1S/C16H24N2O3/c1-4-6-12(2)15(19)17-9-10-18-16(20)13-7-5-8-14(11-13)21-3/h5,7-8,11-12H,4,6,9-10H2,1-3H3,(H,17,19)(H,18,20). The summed E-state index contributed by atoms with van der Waals surface area (Å²) in [4.78, 5) is 23.6. The van der Waals surface area contributed by atoms with Crippen LogP contribution in [0.4, 0.5) is 0 Å². The Morgan fingerprint density at radius 1 is 1.24 bits per heavy atom. The highest BCUT2D eigenvalue weighted by atomic mass is 16.5. The minimum Gasteiger partial charge on any atom is -0.497 e. The van der Waals surface area contributed by atoms with E-state index in [9.17, 15) is 9.59 Å². The van der Waals surface area contributed by atoms with Crippen LogP contribution in [0.3, 0.4) is 0 Å². The van der Waals surface area contributed by atoms with Gasteiger partial charge in [0.15, 0.2) is 0 Å². The van der Waals surface area contributed by atoms with Crippen molar-refractivity contribution in [3.05, 3.63) is 29.8 Å². The zero-order valence-electron chi connectivity index (χ0n) is 12.9. The fourth-order valence-electron chi connectivity index (χ4n) is 1.97. The van der Waals surface area contributed by atoms with E-state index in [-0.39, 0.29) is 17.7 Å². The van der Waals surface area contributed by atoms with E-state index in [4.69, 9.17) is 4.74 Å². The molecule has 0 fully saturated rings. The highest BCUT2D eigenvalue weighted by Gasteiger charge is 2.11. The van der Waals surface area contributed by atoms with Crippen LogP contribution in [0.2, 0.25) is 0 Å². The van der Waals surface area contributed by atoms with Crippen LogP contribution in [0, 0.1) is 5.92 Å². The second-order valence-corrected chi connectivity index (χ2v) is 4.97. The predicted molar refractivity (Wildman–Crippen MR) is 82.4 cm³/mol. The van der Waals surface area contributed by atoms with Crippen LogP contribution in [0.15, 0.2) is 24.3 Å². The summed E-state index contributed by atoms with van der Waals surface area (Å²) in [5.41, 5.74) is 0.542. The first kappa shape index (κ1) is 17.0. The maximum atomic E-state index is 11.9. The molecule has 2 amide bonds. The number of ether oxygens (including phenoxy) is 1. The Balaban J connectivity index is 2.32. The average Bonchev–Trinajstić information content (AvgIpc) is 2.51. The molecular formula is C16H24N2O3. The number of carbonyl (C=O) groups is 2. The highest BCUT2D eigenvalue weighted by molar-refractivity contribution is 5.94. The molecule has 1 atom stereocenters.